The lowest BCUT2D eigenvalue weighted by Crippen LogP contribution is -2.03. The molecule has 4 heteroatoms. The predicted molar refractivity (Wildman–Crippen MR) is 156 cm³/mol. The van der Waals surface area contributed by atoms with Crippen molar-refractivity contribution in [1.82, 2.24) is 9.13 Å². The molecule has 0 fully saturated rings. The number of rotatable bonds is 10. The number of thioether (sulfide) groups is 2. The molecule has 0 saturated carbocycles. The van der Waals surface area contributed by atoms with Gasteiger partial charge in [-0.05, 0) is 74.6 Å². The zero-order chi connectivity index (χ0) is 24.2. The molecule has 2 aromatic carbocycles. The van der Waals surface area contributed by atoms with Gasteiger partial charge in [-0.2, -0.15) is 0 Å². The molecule has 2 nitrogen and oxygen atoms in total. The fourth-order valence-electron chi connectivity index (χ4n) is 5.23. The Morgan fingerprint density at radius 1 is 0.676 bits per heavy atom. The maximum absolute atomic E-state index is 2.44. The second-order valence-corrected chi connectivity index (χ2v) is 10.9. The summed E-state index contributed by atoms with van der Waals surface area (Å²) in [5, 5.41) is 2.72. The van der Waals surface area contributed by atoms with Crippen LogP contribution in [-0.2, 0) is 0 Å². The zero-order valence-electron chi connectivity index (χ0n) is 21.5. The monoisotopic (exact) mass is 490 g/mol. The van der Waals surface area contributed by atoms with E-state index in [0.29, 0.717) is 12.1 Å². The van der Waals surface area contributed by atoms with E-state index in [1.807, 2.05) is 23.5 Å². The minimum Gasteiger partial charge on any atom is -0.345 e. The molecule has 180 valence electrons. The molecular weight excluding hydrogens is 452 g/mol. The summed E-state index contributed by atoms with van der Waals surface area (Å²) in [5.41, 5.74) is 5.27. The largest absolute Gasteiger partial charge is 0.345 e. The van der Waals surface area contributed by atoms with Gasteiger partial charge in [0, 0.05) is 56.1 Å². The molecule has 2 unspecified atom stereocenters. The first-order valence-corrected chi connectivity index (χ1v) is 15.0. The quantitative estimate of drug-likeness (QED) is 0.162. The third-order valence-electron chi connectivity index (χ3n) is 6.98. The van der Waals surface area contributed by atoms with Crippen molar-refractivity contribution in [3.63, 3.8) is 0 Å². The van der Waals surface area contributed by atoms with Gasteiger partial charge in [0.25, 0.3) is 0 Å². The summed E-state index contributed by atoms with van der Waals surface area (Å²) in [4.78, 5) is 2.73. The van der Waals surface area contributed by atoms with Gasteiger partial charge in [0.05, 0.1) is 0 Å². The molecule has 0 aliphatic heterocycles. The Labute approximate surface area is 213 Å². The highest BCUT2D eigenvalue weighted by Crippen LogP contribution is 2.36. The van der Waals surface area contributed by atoms with Crippen LogP contribution in [0.2, 0.25) is 0 Å². The summed E-state index contributed by atoms with van der Waals surface area (Å²) < 4.78 is 4.88. The van der Waals surface area contributed by atoms with E-state index in [9.17, 15) is 0 Å². The maximum Gasteiger partial charge on any atom is 0.0494 e. The van der Waals surface area contributed by atoms with Crippen LogP contribution >= 0.6 is 23.5 Å². The number of fused-ring (bicyclic) bond motifs is 2. The molecule has 0 aliphatic rings. The Bertz CT molecular complexity index is 1190. The Morgan fingerprint density at radius 3 is 1.44 bits per heavy atom. The minimum absolute atomic E-state index is 0.529. The topological polar surface area (TPSA) is 9.86 Å². The highest BCUT2D eigenvalue weighted by atomic mass is 32.2. The first kappa shape index (κ1) is 25.1. The minimum atomic E-state index is 0.529. The van der Waals surface area contributed by atoms with Crippen LogP contribution in [0.3, 0.4) is 0 Å². The summed E-state index contributed by atoms with van der Waals surface area (Å²) in [6.45, 7) is 9.18. The molecule has 0 amide bonds. The average Bonchev–Trinajstić information content (AvgIpc) is 3.47. The lowest BCUT2D eigenvalue weighted by atomic mass is 10.1. The normalized spacial score (nSPS) is 13.9. The average molecular weight is 491 g/mol. The van der Waals surface area contributed by atoms with Gasteiger partial charge in [0.1, 0.15) is 0 Å². The van der Waals surface area contributed by atoms with Gasteiger partial charge >= 0.3 is 0 Å². The molecular formula is C30H38N2S2. The van der Waals surface area contributed by atoms with E-state index in [-0.39, 0.29) is 0 Å². The fourth-order valence-corrected chi connectivity index (χ4v) is 6.76. The zero-order valence-corrected chi connectivity index (χ0v) is 23.1. The van der Waals surface area contributed by atoms with Crippen molar-refractivity contribution < 1.29 is 0 Å². The van der Waals surface area contributed by atoms with Crippen molar-refractivity contribution in [2.45, 2.75) is 75.3 Å². The van der Waals surface area contributed by atoms with E-state index in [0.717, 1.165) is 0 Å². The molecule has 34 heavy (non-hydrogen) atoms. The Kier molecular flexibility index (Phi) is 8.21. The van der Waals surface area contributed by atoms with Crippen LogP contribution in [0.1, 0.15) is 76.6 Å². The second-order valence-electron chi connectivity index (χ2n) is 9.30. The van der Waals surface area contributed by atoms with Gasteiger partial charge in [-0.1, -0.05) is 51.0 Å². The third kappa shape index (κ3) is 4.72. The number of aromatic nitrogens is 2. The maximum atomic E-state index is 2.44. The van der Waals surface area contributed by atoms with Gasteiger partial charge in [0.2, 0.25) is 0 Å². The standard InChI is InChI=1S/C30H38N2S2/c1-7-9-21(3)31-19-17-25-27(31)15-13-23(29(25)33-5)11-12-24-14-16-28-26(30(24)34-6)18-20-32(28)22(4)10-8-2/h11-22H,7-10H2,1-6H3. The van der Waals surface area contributed by atoms with Crippen molar-refractivity contribution in [3.05, 3.63) is 59.9 Å². The van der Waals surface area contributed by atoms with Crippen LogP contribution in [0.25, 0.3) is 34.0 Å². The molecule has 2 heterocycles. The highest BCUT2D eigenvalue weighted by molar-refractivity contribution is 7.99. The lowest BCUT2D eigenvalue weighted by Gasteiger charge is -2.15. The van der Waals surface area contributed by atoms with Crippen molar-refractivity contribution in [3.8, 4) is 0 Å². The molecule has 0 radical (unpaired) electrons. The second kappa shape index (κ2) is 11.1. The molecule has 0 saturated heterocycles. The third-order valence-corrected chi connectivity index (χ3v) is 8.71. The molecule has 4 aromatic rings. The van der Waals surface area contributed by atoms with Crippen LogP contribution < -0.4 is 0 Å². The smallest absolute Gasteiger partial charge is 0.0494 e. The number of nitrogens with zero attached hydrogens (tertiary/aromatic N) is 2. The van der Waals surface area contributed by atoms with Gasteiger partial charge in [-0.15, -0.1) is 23.5 Å². The summed E-state index contributed by atoms with van der Waals surface area (Å²) >= 11 is 3.70. The fraction of sp³-hybridized carbons (Fsp3) is 0.400. The molecule has 2 aromatic heterocycles. The van der Waals surface area contributed by atoms with Crippen LogP contribution in [0.4, 0.5) is 0 Å². The van der Waals surface area contributed by atoms with E-state index in [1.165, 1.54) is 68.4 Å². The predicted octanol–water partition coefficient (Wildman–Crippen LogP) is 9.93. The first-order valence-electron chi connectivity index (χ1n) is 12.6. The summed E-state index contributed by atoms with van der Waals surface area (Å²) in [6.07, 6.45) is 18.4. The van der Waals surface area contributed by atoms with Gasteiger partial charge in [-0.3, -0.25) is 0 Å². The summed E-state index contributed by atoms with van der Waals surface area (Å²) in [6, 6.07) is 14.8. The van der Waals surface area contributed by atoms with Crippen LogP contribution in [0.5, 0.6) is 0 Å². The van der Waals surface area contributed by atoms with Crippen LogP contribution in [0.15, 0.2) is 58.6 Å². The highest BCUT2D eigenvalue weighted by Gasteiger charge is 2.14. The van der Waals surface area contributed by atoms with Crippen molar-refractivity contribution in [1.29, 1.82) is 0 Å². The molecule has 0 spiro atoms. The molecule has 0 aliphatic carbocycles. The Balaban J connectivity index is 1.71. The molecule has 2 atom stereocenters. The van der Waals surface area contributed by atoms with E-state index in [1.54, 1.807) is 0 Å². The molecule has 0 N–H and O–H groups in total. The number of benzene rings is 2. The van der Waals surface area contributed by atoms with E-state index >= 15 is 0 Å². The summed E-state index contributed by atoms with van der Waals surface area (Å²) in [5.74, 6) is 0. The molecule has 0 bridgehead atoms. The molecule has 4 rings (SSSR count). The Morgan fingerprint density at radius 2 is 1.09 bits per heavy atom. The van der Waals surface area contributed by atoms with E-state index in [4.69, 9.17) is 0 Å². The number of hydrogen-bond donors (Lipinski definition) is 0. The van der Waals surface area contributed by atoms with Gasteiger partial charge < -0.3 is 9.13 Å². The van der Waals surface area contributed by atoms with E-state index < -0.39 is 0 Å². The Hall–Kier alpha value is -2.04. The van der Waals surface area contributed by atoms with Gasteiger partial charge in [0.15, 0.2) is 0 Å². The van der Waals surface area contributed by atoms with Crippen LogP contribution in [0, 0.1) is 0 Å². The van der Waals surface area contributed by atoms with Crippen molar-refractivity contribution in [2.24, 2.45) is 0 Å². The van der Waals surface area contributed by atoms with Gasteiger partial charge in [-0.25, -0.2) is 0 Å². The number of hydrogen-bond acceptors (Lipinski definition) is 2. The summed E-state index contributed by atoms with van der Waals surface area (Å²) in [7, 11) is 0. The van der Waals surface area contributed by atoms with Crippen LogP contribution in [-0.4, -0.2) is 21.6 Å². The van der Waals surface area contributed by atoms with Crippen molar-refractivity contribution in [2.75, 3.05) is 12.5 Å². The lowest BCUT2D eigenvalue weighted by molar-refractivity contribution is 0.515. The van der Waals surface area contributed by atoms with Crippen molar-refractivity contribution >= 4 is 57.5 Å². The SMILES string of the molecule is CCCC(C)n1ccc2c(SC)c(C=Cc3ccc4c(ccn4C(C)CCC)c3SC)ccc21. The van der Waals surface area contributed by atoms with E-state index in [2.05, 4.69) is 110 Å². The first-order chi connectivity index (χ1) is 16.5.